The average Bonchev–Trinajstić information content (AvgIpc) is 2.27. The van der Waals surface area contributed by atoms with Crippen LogP contribution in [0.2, 0.25) is 0 Å². The second kappa shape index (κ2) is 5.41. The lowest BCUT2D eigenvalue weighted by Gasteiger charge is -2.25. The minimum atomic E-state index is -0.103. The summed E-state index contributed by atoms with van der Waals surface area (Å²) in [5, 5.41) is 0. The first kappa shape index (κ1) is 13.1. The topological polar surface area (TPSA) is 48.1 Å². The third-order valence-electron chi connectivity index (χ3n) is 3.06. The third kappa shape index (κ3) is 3.58. The molecule has 1 atom stereocenters. The SMILES string of the molecule is COC(C)(C)CCC(N)c1cccnc1C. The van der Waals surface area contributed by atoms with Gasteiger partial charge in [-0.3, -0.25) is 4.98 Å². The molecule has 90 valence electrons. The van der Waals surface area contributed by atoms with E-state index in [0.29, 0.717) is 0 Å². The van der Waals surface area contributed by atoms with Crippen LogP contribution in [0.4, 0.5) is 0 Å². The quantitative estimate of drug-likeness (QED) is 0.833. The molecule has 0 bridgehead atoms. The Morgan fingerprint density at radius 1 is 1.50 bits per heavy atom. The molecule has 0 radical (unpaired) electrons. The van der Waals surface area contributed by atoms with Crippen molar-refractivity contribution in [3.05, 3.63) is 29.6 Å². The number of aromatic nitrogens is 1. The summed E-state index contributed by atoms with van der Waals surface area (Å²) in [6.45, 7) is 6.16. The zero-order valence-electron chi connectivity index (χ0n) is 10.7. The zero-order valence-corrected chi connectivity index (χ0v) is 10.7. The Balaban J connectivity index is 2.60. The highest BCUT2D eigenvalue weighted by atomic mass is 16.5. The molecule has 3 heteroatoms. The van der Waals surface area contributed by atoms with Crippen molar-refractivity contribution in [2.75, 3.05) is 7.11 Å². The highest BCUT2D eigenvalue weighted by Gasteiger charge is 2.19. The predicted octanol–water partition coefficient (Wildman–Crippen LogP) is 2.60. The van der Waals surface area contributed by atoms with Gasteiger partial charge in [-0.05, 0) is 45.2 Å². The molecule has 1 heterocycles. The van der Waals surface area contributed by atoms with Crippen molar-refractivity contribution in [2.24, 2.45) is 5.73 Å². The molecule has 16 heavy (non-hydrogen) atoms. The smallest absolute Gasteiger partial charge is 0.0623 e. The number of rotatable bonds is 5. The van der Waals surface area contributed by atoms with E-state index in [1.54, 1.807) is 13.3 Å². The fraction of sp³-hybridized carbons (Fsp3) is 0.615. The molecule has 0 fully saturated rings. The van der Waals surface area contributed by atoms with E-state index in [-0.39, 0.29) is 11.6 Å². The van der Waals surface area contributed by atoms with Gasteiger partial charge in [0, 0.05) is 25.0 Å². The Kier molecular flexibility index (Phi) is 4.44. The predicted molar refractivity (Wildman–Crippen MR) is 66.2 cm³/mol. The van der Waals surface area contributed by atoms with Crippen molar-refractivity contribution >= 4 is 0 Å². The van der Waals surface area contributed by atoms with Crippen LogP contribution < -0.4 is 5.73 Å². The molecule has 0 saturated heterocycles. The van der Waals surface area contributed by atoms with Crippen LogP contribution in [0.5, 0.6) is 0 Å². The summed E-state index contributed by atoms with van der Waals surface area (Å²) in [6.07, 6.45) is 3.65. The fourth-order valence-corrected chi connectivity index (χ4v) is 1.65. The molecule has 1 aromatic rings. The van der Waals surface area contributed by atoms with Crippen LogP contribution in [0, 0.1) is 6.92 Å². The van der Waals surface area contributed by atoms with Crippen molar-refractivity contribution in [3.63, 3.8) is 0 Å². The lowest BCUT2D eigenvalue weighted by atomic mass is 9.95. The summed E-state index contributed by atoms with van der Waals surface area (Å²) in [6, 6.07) is 4.03. The van der Waals surface area contributed by atoms with Gasteiger partial charge in [-0.2, -0.15) is 0 Å². The Morgan fingerprint density at radius 3 is 2.75 bits per heavy atom. The molecule has 3 nitrogen and oxygen atoms in total. The second-order valence-electron chi connectivity index (χ2n) is 4.79. The zero-order chi connectivity index (χ0) is 12.2. The lowest BCUT2D eigenvalue weighted by molar-refractivity contribution is 0.0124. The molecule has 0 amide bonds. The van der Waals surface area contributed by atoms with Crippen molar-refractivity contribution in [1.82, 2.24) is 4.98 Å². The summed E-state index contributed by atoms with van der Waals surface area (Å²) in [5.41, 5.74) is 8.21. The van der Waals surface area contributed by atoms with Gasteiger partial charge in [0.2, 0.25) is 0 Å². The summed E-state index contributed by atoms with van der Waals surface area (Å²) in [5.74, 6) is 0. The van der Waals surface area contributed by atoms with E-state index in [1.807, 2.05) is 19.1 Å². The number of hydrogen-bond acceptors (Lipinski definition) is 3. The molecule has 1 rings (SSSR count). The van der Waals surface area contributed by atoms with Gasteiger partial charge in [-0.15, -0.1) is 0 Å². The first-order valence-corrected chi connectivity index (χ1v) is 5.68. The van der Waals surface area contributed by atoms with Crippen molar-refractivity contribution in [1.29, 1.82) is 0 Å². The number of nitrogens with two attached hydrogens (primary N) is 1. The minimum absolute atomic E-state index is 0.0446. The maximum absolute atomic E-state index is 6.16. The van der Waals surface area contributed by atoms with Gasteiger partial charge in [0.1, 0.15) is 0 Å². The molecule has 2 N–H and O–H groups in total. The van der Waals surface area contributed by atoms with E-state index >= 15 is 0 Å². The van der Waals surface area contributed by atoms with Crippen LogP contribution in [0.1, 0.15) is 44.0 Å². The third-order valence-corrected chi connectivity index (χ3v) is 3.06. The van der Waals surface area contributed by atoms with Crippen LogP contribution in [0.3, 0.4) is 0 Å². The maximum Gasteiger partial charge on any atom is 0.0623 e. The van der Waals surface area contributed by atoms with Gasteiger partial charge in [0.15, 0.2) is 0 Å². The average molecular weight is 222 g/mol. The minimum Gasteiger partial charge on any atom is -0.379 e. The summed E-state index contributed by atoms with van der Waals surface area (Å²) < 4.78 is 5.38. The van der Waals surface area contributed by atoms with Crippen LogP contribution in [-0.4, -0.2) is 17.7 Å². The monoisotopic (exact) mass is 222 g/mol. The van der Waals surface area contributed by atoms with Crippen molar-refractivity contribution in [3.8, 4) is 0 Å². The molecule has 0 aliphatic rings. The van der Waals surface area contributed by atoms with Gasteiger partial charge in [0.25, 0.3) is 0 Å². The molecular weight excluding hydrogens is 200 g/mol. The van der Waals surface area contributed by atoms with Gasteiger partial charge in [-0.1, -0.05) is 6.07 Å². The Morgan fingerprint density at radius 2 is 2.19 bits per heavy atom. The lowest BCUT2D eigenvalue weighted by Crippen LogP contribution is -2.25. The molecule has 0 aliphatic heterocycles. The highest BCUT2D eigenvalue weighted by molar-refractivity contribution is 5.21. The fourth-order valence-electron chi connectivity index (χ4n) is 1.65. The standard InChI is InChI=1S/C13H22N2O/c1-10-11(6-5-9-15-10)12(14)7-8-13(2,3)16-4/h5-6,9,12H,7-8,14H2,1-4H3. The van der Waals surface area contributed by atoms with Gasteiger partial charge < -0.3 is 10.5 Å². The van der Waals surface area contributed by atoms with E-state index in [2.05, 4.69) is 18.8 Å². The van der Waals surface area contributed by atoms with Crippen LogP contribution in [-0.2, 0) is 4.74 Å². The summed E-state index contributed by atoms with van der Waals surface area (Å²) >= 11 is 0. The van der Waals surface area contributed by atoms with Gasteiger partial charge in [0.05, 0.1) is 5.60 Å². The number of ether oxygens (including phenoxy) is 1. The van der Waals surface area contributed by atoms with Gasteiger partial charge >= 0.3 is 0 Å². The molecule has 0 spiro atoms. The first-order chi connectivity index (χ1) is 7.46. The Hall–Kier alpha value is -0.930. The summed E-state index contributed by atoms with van der Waals surface area (Å²) in [7, 11) is 1.74. The van der Waals surface area contributed by atoms with Crippen molar-refractivity contribution < 1.29 is 4.74 Å². The van der Waals surface area contributed by atoms with Crippen LogP contribution in [0.25, 0.3) is 0 Å². The van der Waals surface area contributed by atoms with Crippen LogP contribution >= 0.6 is 0 Å². The molecule has 1 aromatic heterocycles. The number of aryl methyl sites for hydroxylation is 1. The molecule has 0 aromatic carbocycles. The maximum atomic E-state index is 6.16. The molecule has 1 unspecified atom stereocenters. The Labute approximate surface area is 98.0 Å². The highest BCUT2D eigenvalue weighted by Crippen LogP contribution is 2.23. The summed E-state index contributed by atoms with van der Waals surface area (Å²) in [4.78, 5) is 4.25. The number of pyridine rings is 1. The number of methoxy groups -OCH3 is 1. The van der Waals surface area contributed by atoms with E-state index in [0.717, 1.165) is 24.1 Å². The van der Waals surface area contributed by atoms with Gasteiger partial charge in [-0.25, -0.2) is 0 Å². The first-order valence-electron chi connectivity index (χ1n) is 5.68. The van der Waals surface area contributed by atoms with E-state index in [9.17, 15) is 0 Å². The van der Waals surface area contributed by atoms with Crippen LogP contribution in [0.15, 0.2) is 18.3 Å². The number of hydrogen-bond donors (Lipinski definition) is 1. The largest absolute Gasteiger partial charge is 0.379 e. The normalized spacial score (nSPS) is 13.8. The van der Waals surface area contributed by atoms with Crippen molar-refractivity contribution in [2.45, 2.75) is 45.3 Å². The Bertz CT molecular complexity index is 336. The number of nitrogens with zero attached hydrogens (tertiary/aromatic N) is 1. The van der Waals surface area contributed by atoms with E-state index in [4.69, 9.17) is 10.5 Å². The second-order valence-corrected chi connectivity index (χ2v) is 4.79. The molecule has 0 aliphatic carbocycles. The van der Waals surface area contributed by atoms with E-state index in [1.165, 1.54) is 0 Å². The molecule has 0 saturated carbocycles. The molecular formula is C13H22N2O. The van der Waals surface area contributed by atoms with E-state index < -0.39 is 0 Å².